The van der Waals surface area contributed by atoms with Gasteiger partial charge in [0, 0.05) is 29.2 Å². The molecule has 3 aromatic rings. The minimum absolute atomic E-state index is 0.227. The highest BCUT2D eigenvalue weighted by molar-refractivity contribution is 5.84. The van der Waals surface area contributed by atoms with E-state index in [0.717, 1.165) is 65.3 Å². The molecule has 3 heterocycles. The lowest BCUT2D eigenvalue weighted by atomic mass is 10.1. The van der Waals surface area contributed by atoms with E-state index in [0.29, 0.717) is 12.5 Å². The van der Waals surface area contributed by atoms with Crippen LogP contribution in [0.4, 0.5) is 0 Å². The van der Waals surface area contributed by atoms with Crippen LogP contribution >= 0.6 is 0 Å². The second kappa shape index (κ2) is 9.06. The van der Waals surface area contributed by atoms with Crippen LogP contribution in [0.2, 0.25) is 0 Å². The van der Waals surface area contributed by atoms with Crippen molar-refractivity contribution in [2.45, 2.75) is 39.3 Å². The topological polar surface area (TPSA) is 70.6 Å². The lowest BCUT2D eigenvalue weighted by Crippen LogP contribution is -2.31. The summed E-state index contributed by atoms with van der Waals surface area (Å²) in [7, 11) is 1.66. The number of H-pyrrole nitrogens is 1. The molecule has 0 spiro atoms. The number of hydrogen-bond donors (Lipinski definition) is 2. The third-order valence-corrected chi connectivity index (χ3v) is 5.68. The molecule has 0 bridgehead atoms. The van der Waals surface area contributed by atoms with E-state index in [4.69, 9.17) is 9.47 Å². The number of ether oxygens (including phenoxy) is 2. The number of aromatic nitrogens is 2. The molecule has 6 nitrogen and oxygen atoms in total. The highest BCUT2D eigenvalue weighted by atomic mass is 16.5. The average molecular weight is 410 g/mol. The summed E-state index contributed by atoms with van der Waals surface area (Å²) in [6.45, 7) is 6.98. The molecule has 2 N–H and O–H groups in total. The number of methoxy groups -OCH3 is 1. The monoisotopic (exact) mass is 409 g/mol. The van der Waals surface area contributed by atoms with Gasteiger partial charge in [0.2, 0.25) is 0 Å². The number of fused-ring (bicyclic) bond motifs is 1. The molecule has 4 rings (SSSR count). The minimum atomic E-state index is 0.227. The number of benzene rings is 1. The molecular weight excluding hydrogens is 378 g/mol. The summed E-state index contributed by atoms with van der Waals surface area (Å²) in [5.41, 5.74) is 4.08. The summed E-state index contributed by atoms with van der Waals surface area (Å²) in [5.74, 6) is 1.91. The molecule has 30 heavy (non-hydrogen) atoms. The van der Waals surface area contributed by atoms with Crippen LogP contribution in [0, 0.1) is 5.92 Å². The molecule has 1 aromatic carbocycles. The number of aliphatic hydroxyl groups excluding tert-OH is 1. The summed E-state index contributed by atoms with van der Waals surface area (Å²) in [5, 5.41) is 10.7. The zero-order valence-corrected chi connectivity index (χ0v) is 18.0. The van der Waals surface area contributed by atoms with Gasteiger partial charge in [0.25, 0.3) is 0 Å². The van der Waals surface area contributed by atoms with Gasteiger partial charge in [-0.2, -0.15) is 0 Å². The van der Waals surface area contributed by atoms with E-state index >= 15 is 0 Å². The fourth-order valence-electron chi connectivity index (χ4n) is 4.07. The highest BCUT2D eigenvalue weighted by Gasteiger charge is 2.24. The van der Waals surface area contributed by atoms with Crippen molar-refractivity contribution >= 4 is 10.9 Å². The molecule has 1 fully saturated rings. The fourth-order valence-corrected chi connectivity index (χ4v) is 4.07. The first-order valence-electron chi connectivity index (χ1n) is 10.7. The van der Waals surface area contributed by atoms with Gasteiger partial charge in [0.1, 0.15) is 0 Å². The van der Waals surface area contributed by atoms with E-state index in [9.17, 15) is 5.11 Å². The van der Waals surface area contributed by atoms with Gasteiger partial charge in [0.05, 0.1) is 37.7 Å². The normalized spacial score (nSPS) is 17.2. The molecule has 6 heteroatoms. The summed E-state index contributed by atoms with van der Waals surface area (Å²) in [4.78, 5) is 10.5. The molecule has 160 valence electrons. The molecular formula is C24H31N3O3. The van der Waals surface area contributed by atoms with E-state index in [1.807, 2.05) is 24.4 Å². The van der Waals surface area contributed by atoms with Crippen molar-refractivity contribution in [3.63, 3.8) is 0 Å². The summed E-state index contributed by atoms with van der Waals surface area (Å²) >= 11 is 0. The quantitative estimate of drug-likeness (QED) is 0.583. The Morgan fingerprint density at radius 2 is 2.10 bits per heavy atom. The maximum Gasteiger partial charge on any atom is 0.161 e. The zero-order valence-electron chi connectivity index (χ0n) is 18.0. The maximum atomic E-state index is 9.56. The first kappa shape index (κ1) is 20.7. The third kappa shape index (κ3) is 4.45. The van der Waals surface area contributed by atoms with Crippen molar-refractivity contribution < 1.29 is 14.6 Å². The lowest BCUT2D eigenvalue weighted by molar-refractivity contribution is 0.152. The molecule has 0 amide bonds. The second-order valence-corrected chi connectivity index (χ2v) is 8.47. The summed E-state index contributed by atoms with van der Waals surface area (Å²) < 4.78 is 11.4. The Bertz CT molecular complexity index is 999. The van der Waals surface area contributed by atoms with Crippen LogP contribution in [0.3, 0.4) is 0 Å². The van der Waals surface area contributed by atoms with Crippen molar-refractivity contribution in [3.05, 3.63) is 42.2 Å². The van der Waals surface area contributed by atoms with Crippen LogP contribution < -0.4 is 9.47 Å². The van der Waals surface area contributed by atoms with Crippen LogP contribution in [-0.4, -0.2) is 52.9 Å². The highest BCUT2D eigenvalue weighted by Crippen LogP contribution is 2.33. The van der Waals surface area contributed by atoms with Crippen molar-refractivity contribution in [2.75, 3.05) is 26.9 Å². The molecule has 1 saturated heterocycles. The van der Waals surface area contributed by atoms with Gasteiger partial charge < -0.3 is 19.6 Å². The Morgan fingerprint density at radius 1 is 1.23 bits per heavy atom. The number of likely N-dealkylation sites (tertiary alicyclic amines) is 1. The molecule has 0 aliphatic carbocycles. The summed E-state index contributed by atoms with van der Waals surface area (Å²) in [6.07, 6.45) is 4.11. The summed E-state index contributed by atoms with van der Waals surface area (Å²) in [6, 6.07) is 10.5. The third-order valence-electron chi connectivity index (χ3n) is 5.68. The standard InChI is InChI=1S/C24H31N3O3/c1-16(2)15-30-24-11-17(6-7-23(24)29-3)21-10-18-9-19(26-22(18)12-25-21)13-27-8-4-5-20(27)14-28/h6-7,9-12,16,20,26,28H,4-5,8,13-15H2,1-3H3/t20-/m1/s1. The maximum absolute atomic E-state index is 9.56. The van der Waals surface area contributed by atoms with Crippen molar-refractivity contribution in [3.8, 4) is 22.8 Å². The Kier molecular flexibility index (Phi) is 6.25. The molecule has 0 saturated carbocycles. The van der Waals surface area contributed by atoms with Gasteiger partial charge >= 0.3 is 0 Å². The van der Waals surface area contributed by atoms with Crippen LogP contribution in [0.25, 0.3) is 22.2 Å². The van der Waals surface area contributed by atoms with Crippen LogP contribution in [-0.2, 0) is 6.54 Å². The van der Waals surface area contributed by atoms with E-state index < -0.39 is 0 Å². The first-order valence-corrected chi connectivity index (χ1v) is 10.7. The Morgan fingerprint density at radius 3 is 2.87 bits per heavy atom. The number of aromatic amines is 1. The number of nitrogens with zero attached hydrogens (tertiary/aromatic N) is 2. The fraction of sp³-hybridized carbons (Fsp3) is 0.458. The first-order chi connectivity index (χ1) is 14.6. The number of nitrogens with one attached hydrogen (secondary N) is 1. The molecule has 1 atom stereocenters. The van der Waals surface area contributed by atoms with Crippen LogP contribution in [0.1, 0.15) is 32.4 Å². The van der Waals surface area contributed by atoms with E-state index in [1.165, 1.54) is 0 Å². The predicted molar refractivity (Wildman–Crippen MR) is 119 cm³/mol. The number of pyridine rings is 1. The second-order valence-electron chi connectivity index (χ2n) is 8.47. The molecule has 1 aliphatic rings. The van der Waals surface area contributed by atoms with Gasteiger partial charge in [0.15, 0.2) is 11.5 Å². The minimum Gasteiger partial charge on any atom is -0.493 e. The molecule has 2 aromatic heterocycles. The average Bonchev–Trinajstić information content (AvgIpc) is 3.37. The molecule has 0 unspecified atom stereocenters. The predicted octanol–water partition coefficient (Wildman–Crippen LogP) is 4.23. The number of aliphatic hydroxyl groups is 1. The van der Waals surface area contributed by atoms with Crippen molar-refractivity contribution in [1.82, 2.24) is 14.9 Å². The lowest BCUT2D eigenvalue weighted by Gasteiger charge is -2.21. The largest absolute Gasteiger partial charge is 0.493 e. The Balaban J connectivity index is 1.58. The smallest absolute Gasteiger partial charge is 0.161 e. The molecule has 0 radical (unpaired) electrons. The number of rotatable bonds is 8. The van der Waals surface area contributed by atoms with Crippen molar-refractivity contribution in [1.29, 1.82) is 0 Å². The van der Waals surface area contributed by atoms with Gasteiger partial charge in [-0.25, -0.2) is 0 Å². The van der Waals surface area contributed by atoms with Gasteiger partial charge in [-0.1, -0.05) is 13.8 Å². The zero-order chi connectivity index (χ0) is 21.1. The number of hydrogen-bond acceptors (Lipinski definition) is 5. The van der Waals surface area contributed by atoms with Crippen molar-refractivity contribution in [2.24, 2.45) is 5.92 Å². The molecule has 1 aliphatic heterocycles. The Labute approximate surface area is 177 Å². The van der Waals surface area contributed by atoms with E-state index in [1.54, 1.807) is 7.11 Å². The van der Waals surface area contributed by atoms with Gasteiger partial charge in [-0.3, -0.25) is 9.88 Å². The van der Waals surface area contributed by atoms with Crippen LogP contribution in [0.15, 0.2) is 36.5 Å². The van der Waals surface area contributed by atoms with E-state index in [-0.39, 0.29) is 12.6 Å². The Hall–Kier alpha value is -2.57. The van der Waals surface area contributed by atoms with Gasteiger partial charge in [-0.05, 0) is 55.6 Å². The van der Waals surface area contributed by atoms with Gasteiger partial charge in [-0.15, -0.1) is 0 Å². The SMILES string of the molecule is COc1ccc(-c2cc3cc(CN4CCC[C@@H]4CO)[nH]c3cn2)cc1OCC(C)C. The van der Waals surface area contributed by atoms with Crippen LogP contribution in [0.5, 0.6) is 11.5 Å². The van der Waals surface area contributed by atoms with E-state index in [2.05, 4.69) is 40.8 Å².